The van der Waals surface area contributed by atoms with Gasteiger partial charge in [-0.15, -0.1) is 0 Å². The van der Waals surface area contributed by atoms with Crippen LogP contribution in [0.3, 0.4) is 0 Å². The standard InChI is InChI=1S/C16H28O2/c1-3-5-7-9-10-11-12-14-16(17)18-15-13-8-6-4-2/h4,6,8H,2-3,5,7,9-15H2,1H3/b8-6+. The molecule has 0 aliphatic carbocycles. The minimum absolute atomic E-state index is 0.0597. The molecular formula is C16H28O2. The fraction of sp³-hybridized carbons (Fsp3) is 0.688. The van der Waals surface area contributed by atoms with Gasteiger partial charge >= 0.3 is 5.97 Å². The predicted octanol–water partition coefficient (Wildman–Crippen LogP) is 4.80. The molecule has 0 saturated heterocycles. The Bertz CT molecular complexity index is 231. The van der Waals surface area contributed by atoms with Crippen molar-refractivity contribution in [3.05, 3.63) is 24.8 Å². The van der Waals surface area contributed by atoms with Crippen LogP contribution in [0.2, 0.25) is 0 Å². The Morgan fingerprint density at radius 2 is 1.78 bits per heavy atom. The van der Waals surface area contributed by atoms with Crippen molar-refractivity contribution >= 4 is 5.97 Å². The molecule has 0 fully saturated rings. The Labute approximate surface area is 112 Å². The third kappa shape index (κ3) is 13.0. The Kier molecular flexibility index (Phi) is 13.2. The second-order valence-electron chi connectivity index (χ2n) is 4.54. The van der Waals surface area contributed by atoms with Gasteiger partial charge in [0.2, 0.25) is 0 Å². The number of esters is 1. The number of hydrogen-bond acceptors (Lipinski definition) is 2. The molecule has 0 saturated carbocycles. The topological polar surface area (TPSA) is 26.3 Å². The fourth-order valence-electron chi connectivity index (χ4n) is 1.73. The highest BCUT2D eigenvalue weighted by atomic mass is 16.5. The van der Waals surface area contributed by atoms with Crippen molar-refractivity contribution < 1.29 is 9.53 Å². The van der Waals surface area contributed by atoms with Crippen LogP contribution in [0.25, 0.3) is 0 Å². The lowest BCUT2D eigenvalue weighted by Gasteiger charge is -2.03. The molecule has 0 bridgehead atoms. The first-order valence-corrected chi connectivity index (χ1v) is 7.24. The second-order valence-corrected chi connectivity index (χ2v) is 4.54. The lowest BCUT2D eigenvalue weighted by atomic mass is 10.1. The SMILES string of the molecule is C=C/C=C/CCOC(=O)CCCCCCCCC. The Morgan fingerprint density at radius 3 is 2.44 bits per heavy atom. The van der Waals surface area contributed by atoms with Gasteiger partial charge in [-0.2, -0.15) is 0 Å². The van der Waals surface area contributed by atoms with Gasteiger partial charge in [-0.1, -0.05) is 70.3 Å². The predicted molar refractivity (Wildman–Crippen MR) is 77.5 cm³/mol. The number of carbonyl (C=O) groups excluding carboxylic acids is 1. The molecule has 0 heterocycles. The average molecular weight is 252 g/mol. The highest BCUT2D eigenvalue weighted by Gasteiger charge is 2.01. The molecule has 0 rings (SSSR count). The van der Waals surface area contributed by atoms with Crippen molar-refractivity contribution in [3.8, 4) is 0 Å². The molecule has 18 heavy (non-hydrogen) atoms. The zero-order valence-corrected chi connectivity index (χ0v) is 11.8. The van der Waals surface area contributed by atoms with Gasteiger partial charge < -0.3 is 4.74 Å². The van der Waals surface area contributed by atoms with Crippen LogP contribution in [0.1, 0.15) is 64.7 Å². The minimum atomic E-state index is -0.0597. The van der Waals surface area contributed by atoms with Gasteiger partial charge in [0.25, 0.3) is 0 Å². The van der Waals surface area contributed by atoms with E-state index in [0.717, 1.165) is 19.3 Å². The van der Waals surface area contributed by atoms with Crippen molar-refractivity contribution in [1.29, 1.82) is 0 Å². The van der Waals surface area contributed by atoms with Gasteiger partial charge in [0.05, 0.1) is 6.61 Å². The summed E-state index contributed by atoms with van der Waals surface area (Å²) >= 11 is 0. The minimum Gasteiger partial charge on any atom is -0.465 e. The first-order chi connectivity index (χ1) is 8.81. The van der Waals surface area contributed by atoms with Crippen LogP contribution in [0.15, 0.2) is 24.8 Å². The van der Waals surface area contributed by atoms with Gasteiger partial charge in [0.1, 0.15) is 0 Å². The average Bonchev–Trinajstić information content (AvgIpc) is 2.37. The highest BCUT2D eigenvalue weighted by Crippen LogP contribution is 2.08. The third-order valence-corrected chi connectivity index (χ3v) is 2.80. The highest BCUT2D eigenvalue weighted by molar-refractivity contribution is 5.69. The maximum absolute atomic E-state index is 11.3. The molecular weight excluding hydrogens is 224 g/mol. The number of ether oxygens (including phenoxy) is 1. The number of rotatable bonds is 12. The van der Waals surface area contributed by atoms with Crippen LogP contribution < -0.4 is 0 Å². The molecule has 0 aliphatic rings. The van der Waals surface area contributed by atoms with Gasteiger partial charge in [0.15, 0.2) is 0 Å². The molecule has 104 valence electrons. The van der Waals surface area contributed by atoms with E-state index in [0.29, 0.717) is 13.0 Å². The molecule has 2 heteroatoms. The summed E-state index contributed by atoms with van der Waals surface area (Å²) in [5.41, 5.74) is 0. The second kappa shape index (κ2) is 14.0. The third-order valence-electron chi connectivity index (χ3n) is 2.80. The molecule has 0 spiro atoms. The summed E-state index contributed by atoms with van der Waals surface area (Å²) in [7, 11) is 0. The summed E-state index contributed by atoms with van der Waals surface area (Å²) in [5.74, 6) is -0.0597. The van der Waals surface area contributed by atoms with Gasteiger partial charge in [-0.05, 0) is 12.8 Å². The van der Waals surface area contributed by atoms with Crippen LogP contribution in [0.5, 0.6) is 0 Å². The summed E-state index contributed by atoms with van der Waals surface area (Å²) < 4.78 is 5.11. The summed E-state index contributed by atoms with van der Waals surface area (Å²) in [4.78, 5) is 11.3. The monoisotopic (exact) mass is 252 g/mol. The number of carbonyl (C=O) groups is 1. The zero-order chi connectivity index (χ0) is 13.5. The van der Waals surface area contributed by atoms with E-state index in [1.807, 2.05) is 12.2 Å². The normalized spacial score (nSPS) is 10.7. The molecule has 0 aromatic heterocycles. The first-order valence-electron chi connectivity index (χ1n) is 7.24. The Hall–Kier alpha value is -1.05. The van der Waals surface area contributed by atoms with Crippen LogP contribution in [-0.4, -0.2) is 12.6 Å². The molecule has 0 aromatic rings. The van der Waals surface area contributed by atoms with Gasteiger partial charge in [-0.25, -0.2) is 0 Å². The summed E-state index contributed by atoms with van der Waals surface area (Å²) in [5, 5.41) is 0. The number of hydrogen-bond donors (Lipinski definition) is 0. The van der Waals surface area contributed by atoms with E-state index in [4.69, 9.17) is 4.74 Å². The summed E-state index contributed by atoms with van der Waals surface area (Å²) in [6, 6.07) is 0. The van der Waals surface area contributed by atoms with E-state index in [9.17, 15) is 4.79 Å². The van der Waals surface area contributed by atoms with E-state index in [1.54, 1.807) is 6.08 Å². The van der Waals surface area contributed by atoms with Crippen molar-refractivity contribution in [3.63, 3.8) is 0 Å². The molecule has 0 aromatic carbocycles. The van der Waals surface area contributed by atoms with Crippen molar-refractivity contribution in [2.45, 2.75) is 64.7 Å². The van der Waals surface area contributed by atoms with Crippen molar-refractivity contribution in [1.82, 2.24) is 0 Å². The van der Waals surface area contributed by atoms with Crippen LogP contribution in [0.4, 0.5) is 0 Å². The maximum Gasteiger partial charge on any atom is 0.305 e. The lowest BCUT2D eigenvalue weighted by Crippen LogP contribution is -2.04. The first kappa shape index (κ1) is 16.9. The van der Waals surface area contributed by atoms with E-state index in [2.05, 4.69) is 13.5 Å². The summed E-state index contributed by atoms with van der Waals surface area (Å²) in [6.45, 7) is 6.28. The molecule has 0 radical (unpaired) electrons. The quantitative estimate of drug-likeness (QED) is 0.283. The summed E-state index contributed by atoms with van der Waals surface area (Å²) in [6.07, 6.45) is 15.5. The van der Waals surface area contributed by atoms with Gasteiger partial charge in [0, 0.05) is 6.42 Å². The van der Waals surface area contributed by atoms with E-state index >= 15 is 0 Å². The molecule has 0 aliphatic heterocycles. The van der Waals surface area contributed by atoms with E-state index in [-0.39, 0.29) is 5.97 Å². The van der Waals surface area contributed by atoms with Crippen LogP contribution in [0, 0.1) is 0 Å². The number of allylic oxidation sites excluding steroid dienone is 2. The smallest absolute Gasteiger partial charge is 0.305 e. The lowest BCUT2D eigenvalue weighted by molar-refractivity contribution is -0.143. The Balaban J connectivity index is 3.21. The Morgan fingerprint density at radius 1 is 1.11 bits per heavy atom. The zero-order valence-electron chi connectivity index (χ0n) is 11.8. The largest absolute Gasteiger partial charge is 0.465 e. The molecule has 0 N–H and O–H groups in total. The molecule has 0 amide bonds. The molecule has 0 unspecified atom stereocenters. The molecule has 0 atom stereocenters. The van der Waals surface area contributed by atoms with Crippen LogP contribution in [-0.2, 0) is 9.53 Å². The fourth-order valence-corrected chi connectivity index (χ4v) is 1.73. The van der Waals surface area contributed by atoms with Crippen LogP contribution >= 0.6 is 0 Å². The van der Waals surface area contributed by atoms with Gasteiger partial charge in [-0.3, -0.25) is 4.79 Å². The maximum atomic E-state index is 11.3. The van der Waals surface area contributed by atoms with Crippen molar-refractivity contribution in [2.24, 2.45) is 0 Å². The number of unbranched alkanes of at least 4 members (excludes halogenated alkanes) is 6. The van der Waals surface area contributed by atoms with E-state index in [1.165, 1.54) is 32.1 Å². The van der Waals surface area contributed by atoms with E-state index < -0.39 is 0 Å². The van der Waals surface area contributed by atoms with Crippen molar-refractivity contribution in [2.75, 3.05) is 6.61 Å². The molecule has 2 nitrogen and oxygen atoms in total.